The van der Waals surface area contributed by atoms with Gasteiger partial charge in [-0.2, -0.15) is 0 Å². The second kappa shape index (κ2) is 7.57. The molecule has 0 aromatic heterocycles. The summed E-state index contributed by atoms with van der Waals surface area (Å²) in [6.45, 7) is 0. The predicted octanol–water partition coefficient (Wildman–Crippen LogP) is 9.63. The maximum atomic E-state index is 2.37. The Kier molecular flexibility index (Phi) is 4.25. The first-order valence-electron chi connectivity index (χ1n) is 11.8. The summed E-state index contributed by atoms with van der Waals surface area (Å²) in [5, 5.41) is 10.2. The van der Waals surface area contributed by atoms with Crippen molar-refractivity contribution in [3.63, 3.8) is 0 Å². The molecule has 0 aliphatic heterocycles. The molecule has 0 atom stereocenters. The van der Waals surface area contributed by atoms with Gasteiger partial charge in [0.15, 0.2) is 0 Å². The van der Waals surface area contributed by atoms with E-state index in [1.807, 2.05) is 0 Å². The summed E-state index contributed by atoms with van der Waals surface area (Å²) < 4.78 is 0. The molecule has 0 unspecified atom stereocenters. The third-order valence-electron chi connectivity index (χ3n) is 7.04. The van der Waals surface area contributed by atoms with Crippen molar-refractivity contribution in [3.05, 3.63) is 133 Å². The second-order valence-corrected chi connectivity index (χ2v) is 8.96. The number of hydrogen-bond donors (Lipinski definition) is 0. The van der Waals surface area contributed by atoms with E-state index in [1.54, 1.807) is 0 Å². The lowest BCUT2D eigenvalue weighted by Crippen LogP contribution is -1.89. The zero-order chi connectivity index (χ0) is 22.5. The molecule has 0 heteroatoms. The van der Waals surface area contributed by atoms with Crippen LogP contribution in [0.15, 0.2) is 133 Å². The Labute approximate surface area is 198 Å². The van der Waals surface area contributed by atoms with Gasteiger partial charge in [-0.05, 0) is 77.5 Å². The molecular formula is C34H22. The smallest absolute Gasteiger partial charge is 0.00926 e. The van der Waals surface area contributed by atoms with Gasteiger partial charge in [-0.3, -0.25) is 0 Å². The fraction of sp³-hybridized carbons (Fsp3) is 0. The van der Waals surface area contributed by atoms with Crippen LogP contribution in [0.3, 0.4) is 0 Å². The Bertz CT molecular complexity index is 1710. The number of fused-ring (bicyclic) bond motifs is 4. The third-order valence-corrected chi connectivity index (χ3v) is 7.04. The van der Waals surface area contributed by atoms with Crippen LogP contribution in [0.1, 0.15) is 0 Å². The molecule has 0 heterocycles. The zero-order valence-electron chi connectivity index (χ0n) is 18.7. The van der Waals surface area contributed by atoms with Crippen LogP contribution in [0, 0.1) is 0 Å². The first-order valence-corrected chi connectivity index (χ1v) is 11.8. The first kappa shape index (κ1) is 19.1. The van der Waals surface area contributed by atoms with Crippen molar-refractivity contribution in [1.29, 1.82) is 0 Å². The fourth-order valence-corrected chi connectivity index (χ4v) is 5.42. The molecule has 0 saturated carbocycles. The van der Waals surface area contributed by atoms with Crippen LogP contribution < -0.4 is 0 Å². The highest BCUT2D eigenvalue weighted by Crippen LogP contribution is 2.41. The maximum Gasteiger partial charge on any atom is -0.00926 e. The average molecular weight is 431 g/mol. The van der Waals surface area contributed by atoms with E-state index in [2.05, 4.69) is 133 Å². The Hall–Kier alpha value is -4.42. The lowest BCUT2D eigenvalue weighted by Gasteiger charge is -2.16. The van der Waals surface area contributed by atoms with Crippen molar-refractivity contribution in [2.45, 2.75) is 0 Å². The van der Waals surface area contributed by atoms with Crippen LogP contribution in [-0.2, 0) is 0 Å². The summed E-state index contributed by atoms with van der Waals surface area (Å²) >= 11 is 0. The van der Waals surface area contributed by atoms with Crippen LogP contribution in [0.25, 0.3) is 65.3 Å². The van der Waals surface area contributed by atoms with Crippen molar-refractivity contribution in [2.75, 3.05) is 0 Å². The van der Waals surface area contributed by atoms with Gasteiger partial charge in [-0.1, -0.05) is 121 Å². The first-order chi connectivity index (χ1) is 16.9. The average Bonchev–Trinajstić information content (AvgIpc) is 2.91. The Morgan fingerprint density at radius 1 is 0.235 bits per heavy atom. The second-order valence-electron chi connectivity index (χ2n) is 8.96. The van der Waals surface area contributed by atoms with Gasteiger partial charge in [0.2, 0.25) is 0 Å². The Morgan fingerprint density at radius 2 is 0.588 bits per heavy atom. The summed E-state index contributed by atoms with van der Waals surface area (Å²) in [5.41, 5.74) is 5.12. The molecule has 0 bridgehead atoms. The third kappa shape index (κ3) is 2.93. The number of hydrogen-bond acceptors (Lipinski definition) is 0. The molecule has 7 rings (SSSR count). The lowest BCUT2D eigenvalue weighted by atomic mass is 9.87. The highest BCUT2D eigenvalue weighted by Gasteiger charge is 2.14. The SMILES string of the molecule is c1ccc2cc3c(-c4cccc5ccccc45)ccc(-c4cccc5ccccc45)c3cc2c1. The Balaban J connectivity index is 1.62. The largest absolute Gasteiger partial charge is 0.0616 e. The zero-order valence-corrected chi connectivity index (χ0v) is 18.7. The monoisotopic (exact) mass is 430 g/mol. The molecule has 7 aromatic rings. The minimum atomic E-state index is 1.27. The van der Waals surface area contributed by atoms with E-state index in [1.165, 1.54) is 65.3 Å². The van der Waals surface area contributed by atoms with Gasteiger partial charge in [0.1, 0.15) is 0 Å². The van der Waals surface area contributed by atoms with E-state index in [-0.39, 0.29) is 0 Å². The van der Waals surface area contributed by atoms with Crippen LogP contribution >= 0.6 is 0 Å². The minimum absolute atomic E-state index is 1.27. The lowest BCUT2D eigenvalue weighted by molar-refractivity contribution is 1.67. The van der Waals surface area contributed by atoms with Gasteiger partial charge < -0.3 is 0 Å². The predicted molar refractivity (Wildman–Crippen MR) is 147 cm³/mol. The topological polar surface area (TPSA) is 0 Å². The molecule has 0 saturated heterocycles. The quantitative estimate of drug-likeness (QED) is 0.239. The van der Waals surface area contributed by atoms with Gasteiger partial charge >= 0.3 is 0 Å². The van der Waals surface area contributed by atoms with Gasteiger partial charge in [-0.15, -0.1) is 0 Å². The number of rotatable bonds is 2. The molecule has 7 aromatic carbocycles. The van der Waals surface area contributed by atoms with Crippen LogP contribution in [0.2, 0.25) is 0 Å². The fourth-order valence-electron chi connectivity index (χ4n) is 5.42. The molecule has 0 N–H and O–H groups in total. The molecule has 158 valence electrons. The van der Waals surface area contributed by atoms with E-state index in [4.69, 9.17) is 0 Å². The Morgan fingerprint density at radius 3 is 1.06 bits per heavy atom. The van der Waals surface area contributed by atoms with Crippen LogP contribution in [-0.4, -0.2) is 0 Å². The highest BCUT2D eigenvalue weighted by molar-refractivity contribution is 6.15. The molecule has 34 heavy (non-hydrogen) atoms. The van der Waals surface area contributed by atoms with E-state index < -0.39 is 0 Å². The summed E-state index contributed by atoms with van der Waals surface area (Å²) in [4.78, 5) is 0. The molecule has 0 radical (unpaired) electrons. The van der Waals surface area contributed by atoms with Crippen LogP contribution in [0.5, 0.6) is 0 Å². The summed E-state index contributed by atoms with van der Waals surface area (Å²) in [7, 11) is 0. The molecule has 0 fully saturated rings. The molecule has 0 aliphatic rings. The summed E-state index contributed by atoms with van der Waals surface area (Å²) in [6.07, 6.45) is 0. The van der Waals surface area contributed by atoms with Crippen molar-refractivity contribution >= 4 is 43.1 Å². The number of benzene rings is 7. The standard InChI is InChI=1S/C34H22/c1-2-12-26-22-34-32(30-18-8-14-24-10-4-6-16-28(24)30)20-19-31(33(34)21-25(26)11-1)29-17-7-13-23-9-3-5-15-27(23)29/h1-22H. The van der Waals surface area contributed by atoms with E-state index in [0.29, 0.717) is 0 Å². The molecular weight excluding hydrogens is 408 g/mol. The van der Waals surface area contributed by atoms with Crippen LogP contribution in [0.4, 0.5) is 0 Å². The van der Waals surface area contributed by atoms with Crippen molar-refractivity contribution in [1.82, 2.24) is 0 Å². The maximum absolute atomic E-state index is 2.37. The van der Waals surface area contributed by atoms with E-state index in [9.17, 15) is 0 Å². The molecule has 0 aliphatic carbocycles. The van der Waals surface area contributed by atoms with E-state index in [0.717, 1.165) is 0 Å². The normalized spacial score (nSPS) is 11.5. The highest BCUT2D eigenvalue weighted by atomic mass is 14.2. The summed E-state index contributed by atoms with van der Waals surface area (Å²) in [5.74, 6) is 0. The van der Waals surface area contributed by atoms with Gasteiger partial charge in [-0.25, -0.2) is 0 Å². The van der Waals surface area contributed by atoms with Crippen molar-refractivity contribution in [3.8, 4) is 22.3 Å². The van der Waals surface area contributed by atoms with Gasteiger partial charge in [0.25, 0.3) is 0 Å². The molecule has 0 spiro atoms. The minimum Gasteiger partial charge on any atom is -0.0616 e. The summed E-state index contributed by atoms with van der Waals surface area (Å²) in [6, 6.07) is 48.6. The van der Waals surface area contributed by atoms with Crippen molar-refractivity contribution in [2.24, 2.45) is 0 Å². The molecule has 0 amide bonds. The van der Waals surface area contributed by atoms with E-state index >= 15 is 0 Å². The van der Waals surface area contributed by atoms with Crippen molar-refractivity contribution < 1.29 is 0 Å². The molecule has 0 nitrogen and oxygen atoms in total. The van der Waals surface area contributed by atoms with Gasteiger partial charge in [0, 0.05) is 0 Å². The van der Waals surface area contributed by atoms with Gasteiger partial charge in [0.05, 0.1) is 0 Å².